The van der Waals surface area contributed by atoms with E-state index in [1.165, 1.54) is 6.42 Å². The molecule has 0 bridgehead atoms. The van der Waals surface area contributed by atoms with Gasteiger partial charge in [0.2, 0.25) is 0 Å². The number of nitrogens with one attached hydrogen (secondary N) is 1. The Hall–Kier alpha value is -2.96. The third-order valence-electron chi connectivity index (χ3n) is 4.56. The highest BCUT2D eigenvalue weighted by atomic mass is 16.2. The van der Waals surface area contributed by atoms with Gasteiger partial charge in [0.1, 0.15) is 5.82 Å². The highest BCUT2D eigenvalue weighted by Gasteiger charge is 2.23. The molecule has 3 aromatic rings. The lowest BCUT2D eigenvalue weighted by atomic mass is 10.2. The fourth-order valence-electron chi connectivity index (χ4n) is 3.26. The van der Waals surface area contributed by atoms with Crippen LogP contribution in [0.4, 0.5) is 11.5 Å². The van der Waals surface area contributed by atoms with E-state index in [-0.39, 0.29) is 5.91 Å². The van der Waals surface area contributed by atoms with Crippen LogP contribution in [0, 0.1) is 6.92 Å². The molecule has 1 aliphatic rings. The topological polar surface area (TPSA) is 75.4 Å². The molecule has 0 aliphatic carbocycles. The van der Waals surface area contributed by atoms with Crippen LogP contribution in [0.3, 0.4) is 0 Å². The molecule has 7 nitrogen and oxygen atoms in total. The van der Waals surface area contributed by atoms with E-state index >= 15 is 0 Å². The molecule has 7 heteroatoms. The van der Waals surface area contributed by atoms with Crippen molar-refractivity contribution in [3.05, 3.63) is 48.0 Å². The molecule has 0 radical (unpaired) electrons. The normalized spacial score (nSPS) is 17.2. The van der Waals surface area contributed by atoms with Crippen LogP contribution < -0.4 is 10.2 Å². The number of carbonyl (C=O) groups excluding carboxylic acids is 1. The first-order valence-corrected chi connectivity index (χ1v) is 8.46. The lowest BCUT2D eigenvalue weighted by Gasteiger charge is -2.22. The average Bonchev–Trinajstić information content (AvgIpc) is 3.20. The number of imidazole rings is 1. The van der Waals surface area contributed by atoms with Crippen molar-refractivity contribution in [1.82, 2.24) is 19.6 Å². The zero-order valence-corrected chi connectivity index (χ0v) is 14.3. The van der Waals surface area contributed by atoms with Crippen LogP contribution in [-0.2, 0) is 0 Å². The Labute approximate surface area is 145 Å². The van der Waals surface area contributed by atoms with Gasteiger partial charge < -0.3 is 10.2 Å². The number of aryl methyl sites for hydroxylation is 1. The van der Waals surface area contributed by atoms with Crippen LogP contribution in [0.5, 0.6) is 0 Å². The van der Waals surface area contributed by atoms with E-state index in [0.29, 0.717) is 23.1 Å². The maximum Gasteiger partial charge on any atom is 0.276 e. The lowest BCUT2D eigenvalue weighted by molar-refractivity contribution is 0.102. The first-order chi connectivity index (χ1) is 12.1. The minimum absolute atomic E-state index is 0.251. The Bertz CT molecular complexity index is 934. The summed E-state index contributed by atoms with van der Waals surface area (Å²) in [7, 11) is 0. The van der Waals surface area contributed by atoms with Gasteiger partial charge in [-0.2, -0.15) is 0 Å². The molecule has 4 rings (SSSR count). The molecule has 1 unspecified atom stereocenters. The molecule has 1 aliphatic heterocycles. The number of carbonyl (C=O) groups is 1. The second kappa shape index (κ2) is 6.16. The maximum atomic E-state index is 12.6. The standard InChI is InChI=1S/C18H20N6O/c1-12-8-14(10-19-9-12)21-18(25)15-11-20-16-5-6-17(22-24(15)16)23-7-3-4-13(23)2/h5-6,8-11,13H,3-4,7H2,1-2H3,(H,21,25). The fraction of sp³-hybridized carbons (Fsp3) is 0.333. The van der Waals surface area contributed by atoms with Crippen molar-refractivity contribution < 1.29 is 4.79 Å². The van der Waals surface area contributed by atoms with Gasteiger partial charge in [0, 0.05) is 18.8 Å². The maximum absolute atomic E-state index is 12.6. The van der Waals surface area contributed by atoms with Crippen molar-refractivity contribution in [3.8, 4) is 0 Å². The van der Waals surface area contributed by atoms with Gasteiger partial charge in [-0.25, -0.2) is 9.50 Å². The van der Waals surface area contributed by atoms with E-state index in [1.807, 2.05) is 25.1 Å². The monoisotopic (exact) mass is 336 g/mol. The Morgan fingerprint density at radius 1 is 1.28 bits per heavy atom. The molecule has 1 amide bonds. The molecular weight excluding hydrogens is 316 g/mol. The van der Waals surface area contributed by atoms with Gasteiger partial charge in [0.05, 0.1) is 18.1 Å². The number of nitrogens with zero attached hydrogens (tertiary/aromatic N) is 5. The molecule has 0 aromatic carbocycles. The predicted octanol–water partition coefficient (Wildman–Crippen LogP) is 2.67. The van der Waals surface area contributed by atoms with Crippen molar-refractivity contribution in [2.45, 2.75) is 32.7 Å². The Kier molecular flexibility index (Phi) is 3.83. The van der Waals surface area contributed by atoms with Crippen LogP contribution in [0.1, 0.15) is 35.8 Å². The van der Waals surface area contributed by atoms with Gasteiger partial charge >= 0.3 is 0 Å². The third kappa shape index (κ3) is 2.93. The highest BCUT2D eigenvalue weighted by Crippen LogP contribution is 2.23. The van der Waals surface area contributed by atoms with Gasteiger partial charge in [0.25, 0.3) is 5.91 Å². The average molecular weight is 336 g/mol. The van der Waals surface area contributed by atoms with Crippen LogP contribution in [0.25, 0.3) is 5.65 Å². The van der Waals surface area contributed by atoms with E-state index in [4.69, 9.17) is 0 Å². The summed E-state index contributed by atoms with van der Waals surface area (Å²) in [5.74, 6) is 0.626. The van der Waals surface area contributed by atoms with Crippen LogP contribution in [0.2, 0.25) is 0 Å². The van der Waals surface area contributed by atoms with Gasteiger partial charge in [-0.3, -0.25) is 9.78 Å². The van der Waals surface area contributed by atoms with E-state index in [2.05, 4.69) is 32.2 Å². The minimum Gasteiger partial charge on any atom is -0.352 e. The van der Waals surface area contributed by atoms with Gasteiger partial charge in [-0.15, -0.1) is 5.10 Å². The van der Waals surface area contributed by atoms with Gasteiger partial charge in [0.15, 0.2) is 11.3 Å². The summed E-state index contributed by atoms with van der Waals surface area (Å²) in [5.41, 5.74) is 2.71. The second-order valence-corrected chi connectivity index (χ2v) is 6.49. The number of anilines is 2. The number of fused-ring (bicyclic) bond motifs is 1. The van der Waals surface area contributed by atoms with Crippen molar-refractivity contribution in [1.29, 1.82) is 0 Å². The summed E-state index contributed by atoms with van der Waals surface area (Å²) in [4.78, 5) is 23.3. The second-order valence-electron chi connectivity index (χ2n) is 6.49. The zero-order valence-electron chi connectivity index (χ0n) is 14.3. The summed E-state index contributed by atoms with van der Waals surface area (Å²) < 4.78 is 1.61. The first-order valence-electron chi connectivity index (χ1n) is 8.46. The third-order valence-corrected chi connectivity index (χ3v) is 4.56. The largest absolute Gasteiger partial charge is 0.352 e. The predicted molar refractivity (Wildman–Crippen MR) is 96.0 cm³/mol. The summed E-state index contributed by atoms with van der Waals surface area (Å²) in [6.45, 7) is 5.12. The van der Waals surface area contributed by atoms with Gasteiger partial charge in [-0.05, 0) is 50.5 Å². The Morgan fingerprint density at radius 2 is 2.16 bits per heavy atom. The fourth-order valence-corrected chi connectivity index (χ4v) is 3.26. The SMILES string of the molecule is Cc1cncc(NC(=O)c2cnc3ccc(N4CCCC4C)nn23)c1. The Morgan fingerprint density at radius 3 is 2.92 bits per heavy atom. The molecule has 128 valence electrons. The highest BCUT2D eigenvalue weighted by molar-refractivity contribution is 6.03. The van der Waals surface area contributed by atoms with Gasteiger partial charge in [-0.1, -0.05) is 0 Å². The molecule has 1 saturated heterocycles. The first kappa shape index (κ1) is 15.6. The van der Waals surface area contributed by atoms with E-state index < -0.39 is 0 Å². The molecular formula is C18H20N6O. The smallest absolute Gasteiger partial charge is 0.276 e. The number of hydrogen-bond acceptors (Lipinski definition) is 5. The molecule has 1 atom stereocenters. The molecule has 0 saturated carbocycles. The zero-order chi connectivity index (χ0) is 17.4. The van der Waals surface area contributed by atoms with Crippen LogP contribution in [-0.4, -0.2) is 38.1 Å². The Balaban J connectivity index is 1.66. The number of rotatable bonds is 3. The molecule has 4 heterocycles. The number of hydrogen-bond donors (Lipinski definition) is 1. The lowest BCUT2D eigenvalue weighted by Crippen LogP contribution is -2.28. The summed E-state index contributed by atoms with van der Waals surface area (Å²) in [6.07, 6.45) is 7.25. The van der Waals surface area contributed by atoms with Crippen molar-refractivity contribution in [3.63, 3.8) is 0 Å². The summed E-state index contributed by atoms with van der Waals surface area (Å²) >= 11 is 0. The van der Waals surface area contributed by atoms with E-state index in [0.717, 1.165) is 24.3 Å². The molecule has 3 aromatic heterocycles. The summed E-state index contributed by atoms with van der Waals surface area (Å²) in [6, 6.07) is 6.21. The van der Waals surface area contributed by atoms with Crippen molar-refractivity contribution in [2.75, 3.05) is 16.8 Å². The van der Waals surface area contributed by atoms with E-state index in [1.54, 1.807) is 23.1 Å². The van der Waals surface area contributed by atoms with Crippen LogP contribution >= 0.6 is 0 Å². The number of amides is 1. The molecule has 0 spiro atoms. The molecule has 25 heavy (non-hydrogen) atoms. The minimum atomic E-state index is -0.251. The number of aromatic nitrogens is 4. The number of pyridine rings is 1. The van der Waals surface area contributed by atoms with Crippen molar-refractivity contribution in [2.24, 2.45) is 0 Å². The summed E-state index contributed by atoms with van der Waals surface area (Å²) in [5, 5.41) is 7.51. The molecule has 1 fully saturated rings. The quantitative estimate of drug-likeness (QED) is 0.796. The van der Waals surface area contributed by atoms with E-state index in [9.17, 15) is 4.79 Å². The molecule has 1 N–H and O–H groups in total. The van der Waals surface area contributed by atoms with Crippen molar-refractivity contribution >= 4 is 23.1 Å². The van der Waals surface area contributed by atoms with Crippen LogP contribution in [0.15, 0.2) is 36.8 Å².